The van der Waals surface area contributed by atoms with Gasteiger partial charge in [-0.05, 0) is 61.0 Å². The van der Waals surface area contributed by atoms with Crippen molar-refractivity contribution in [2.24, 2.45) is 29.4 Å². The molecule has 0 heterocycles. The van der Waals surface area contributed by atoms with Crippen LogP contribution >= 0.6 is 12.4 Å². The molecule has 24 heavy (non-hydrogen) atoms. The number of amides is 1. The molecule has 2 bridgehead atoms. The summed E-state index contributed by atoms with van der Waals surface area (Å²) in [5, 5.41) is 3.38. The van der Waals surface area contributed by atoms with E-state index in [-0.39, 0.29) is 30.3 Å². The van der Waals surface area contributed by atoms with Gasteiger partial charge in [-0.1, -0.05) is 37.6 Å². The number of nitrogens with two attached hydrogens (primary N) is 1. The standard InChI is InChI=1S/C20H28N2O.ClH/c1-12-9-13-5-2-3-8-17(13)19(12)22-20(23)16-10-14-6-4-7-15(11-16)18(14)21;/h2-3,5,8,12,14-16,18-19H,4,6-7,9-11,21H2,1H3,(H,22,23);1H. The Bertz CT molecular complexity index is 591. The Morgan fingerprint density at radius 1 is 1.17 bits per heavy atom. The number of hydrogen-bond acceptors (Lipinski definition) is 2. The maximum Gasteiger partial charge on any atom is 0.223 e. The Hall–Kier alpha value is -1.06. The van der Waals surface area contributed by atoms with Crippen molar-refractivity contribution in [1.29, 1.82) is 0 Å². The molecule has 0 radical (unpaired) electrons. The third-order valence-electron chi connectivity index (χ3n) is 6.58. The summed E-state index contributed by atoms with van der Waals surface area (Å²) in [6, 6.07) is 9.07. The van der Waals surface area contributed by atoms with Gasteiger partial charge in [0.25, 0.3) is 0 Å². The Labute approximate surface area is 151 Å². The van der Waals surface area contributed by atoms with Crippen LogP contribution in [-0.4, -0.2) is 11.9 Å². The normalized spacial score (nSPS) is 37.2. The van der Waals surface area contributed by atoms with E-state index in [2.05, 4.69) is 36.5 Å². The minimum atomic E-state index is 0. The molecule has 4 rings (SSSR count). The van der Waals surface area contributed by atoms with Crippen molar-refractivity contribution in [3.05, 3.63) is 35.4 Å². The van der Waals surface area contributed by atoms with Gasteiger partial charge in [0, 0.05) is 12.0 Å². The second-order valence-electron chi connectivity index (χ2n) is 8.06. The molecule has 3 aliphatic rings. The van der Waals surface area contributed by atoms with Gasteiger partial charge in [0.2, 0.25) is 5.91 Å². The molecule has 1 aromatic rings. The zero-order chi connectivity index (χ0) is 16.0. The van der Waals surface area contributed by atoms with Crippen molar-refractivity contribution >= 4 is 18.3 Å². The average Bonchev–Trinajstić information content (AvgIpc) is 2.83. The van der Waals surface area contributed by atoms with Crippen molar-refractivity contribution < 1.29 is 4.79 Å². The molecule has 0 aliphatic heterocycles. The lowest BCUT2D eigenvalue weighted by molar-refractivity contribution is -0.129. The molecule has 4 atom stereocenters. The lowest BCUT2D eigenvalue weighted by Crippen LogP contribution is -2.49. The monoisotopic (exact) mass is 348 g/mol. The van der Waals surface area contributed by atoms with Gasteiger partial charge in [0.15, 0.2) is 0 Å². The zero-order valence-electron chi connectivity index (χ0n) is 14.4. The third-order valence-corrected chi connectivity index (χ3v) is 6.58. The molecular weight excluding hydrogens is 320 g/mol. The summed E-state index contributed by atoms with van der Waals surface area (Å²) in [6.45, 7) is 2.25. The Kier molecular flexibility index (Phi) is 5.22. The second-order valence-corrected chi connectivity index (χ2v) is 8.06. The molecule has 132 valence electrons. The lowest BCUT2D eigenvalue weighted by Gasteiger charge is -2.43. The summed E-state index contributed by atoms with van der Waals surface area (Å²) in [5.74, 6) is 2.05. The molecule has 0 spiro atoms. The van der Waals surface area contributed by atoms with Crippen LogP contribution in [-0.2, 0) is 11.2 Å². The van der Waals surface area contributed by atoms with Crippen LogP contribution in [0, 0.1) is 23.7 Å². The van der Waals surface area contributed by atoms with E-state index in [4.69, 9.17) is 5.73 Å². The van der Waals surface area contributed by atoms with E-state index in [1.807, 2.05) is 0 Å². The highest BCUT2D eigenvalue weighted by Crippen LogP contribution is 2.43. The van der Waals surface area contributed by atoms with Crippen LogP contribution in [0.1, 0.15) is 56.2 Å². The SMILES string of the molecule is CC1Cc2ccccc2C1NC(=O)C1CC2CCCC(C1)C2N.Cl. The predicted octanol–water partition coefficient (Wildman–Crippen LogP) is 3.61. The smallest absolute Gasteiger partial charge is 0.223 e. The molecule has 4 unspecified atom stereocenters. The van der Waals surface area contributed by atoms with Gasteiger partial charge in [-0.3, -0.25) is 4.79 Å². The van der Waals surface area contributed by atoms with Crippen LogP contribution in [0.4, 0.5) is 0 Å². The van der Waals surface area contributed by atoms with E-state index in [1.54, 1.807) is 0 Å². The molecule has 4 heteroatoms. The molecule has 1 aromatic carbocycles. The minimum absolute atomic E-state index is 0. The number of rotatable bonds is 2. The van der Waals surface area contributed by atoms with Crippen molar-refractivity contribution in [1.82, 2.24) is 5.32 Å². The van der Waals surface area contributed by atoms with Crippen LogP contribution in [0.3, 0.4) is 0 Å². The van der Waals surface area contributed by atoms with Crippen LogP contribution in [0.2, 0.25) is 0 Å². The number of hydrogen-bond donors (Lipinski definition) is 2. The van der Waals surface area contributed by atoms with Crippen LogP contribution in [0.5, 0.6) is 0 Å². The molecule has 3 nitrogen and oxygen atoms in total. The average molecular weight is 349 g/mol. The topological polar surface area (TPSA) is 55.1 Å². The highest BCUT2D eigenvalue weighted by molar-refractivity contribution is 5.85. The van der Waals surface area contributed by atoms with Gasteiger partial charge in [0.1, 0.15) is 0 Å². The van der Waals surface area contributed by atoms with Gasteiger partial charge in [-0.2, -0.15) is 0 Å². The molecule has 0 aromatic heterocycles. The fourth-order valence-electron chi connectivity index (χ4n) is 5.29. The number of carbonyl (C=O) groups excluding carboxylic acids is 1. The summed E-state index contributed by atoms with van der Waals surface area (Å²) in [7, 11) is 0. The van der Waals surface area contributed by atoms with Crippen LogP contribution in [0.25, 0.3) is 0 Å². The lowest BCUT2D eigenvalue weighted by atomic mass is 9.65. The van der Waals surface area contributed by atoms with E-state index >= 15 is 0 Å². The fraction of sp³-hybridized carbons (Fsp3) is 0.650. The first-order valence-corrected chi connectivity index (χ1v) is 9.27. The molecule has 3 aliphatic carbocycles. The van der Waals surface area contributed by atoms with Gasteiger partial charge < -0.3 is 11.1 Å². The number of fused-ring (bicyclic) bond motifs is 3. The number of nitrogens with one attached hydrogen (secondary N) is 1. The van der Waals surface area contributed by atoms with Crippen molar-refractivity contribution in [2.45, 2.75) is 57.5 Å². The summed E-state index contributed by atoms with van der Waals surface area (Å²) in [6.07, 6.45) is 6.78. The molecular formula is C20H29ClN2O. The molecule has 3 N–H and O–H groups in total. The maximum absolute atomic E-state index is 12.9. The summed E-state index contributed by atoms with van der Waals surface area (Å²) in [4.78, 5) is 12.9. The Morgan fingerprint density at radius 2 is 1.83 bits per heavy atom. The van der Waals surface area contributed by atoms with Gasteiger partial charge >= 0.3 is 0 Å². The molecule has 0 saturated heterocycles. The van der Waals surface area contributed by atoms with Crippen molar-refractivity contribution in [2.75, 3.05) is 0 Å². The maximum atomic E-state index is 12.9. The Balaban J connectivity index is 0.00000169. The number of carbonyl (C=O) groups is 1. The number of halogens is 1. The third kappa shape index (κ3) is 3.09. The van der Waals surface area contributed by atoms with Gasteiger partial charge in [-0.15, -0.1) is 12.4 Å². The zero-order valence-corrected chi connectivity index (χ0v) is 15.2. The summed E-state index contributed by atoms with van der Waals surface area (Å²) < 4.78 is 0. The molecule has 2 saturated carbocycles. The second kappa shape index (κ2) is 7.05. The quantitative estimate of drug-likeness (QED) is 0.857. The first-order chi connectivity index (χ1) is 11.1. The fourth-order valence-corrected chi connectivity index (χ4v) is 5.29. The van der Waals surface area contributed by atoms with E-state index in [0.717, 1.165) is 19.3 Å². The highest BCUT2D eigenvalue weighted by Gasteiger charge is 2.41. The first kappa shape index (κ1) is 17.8. The summed E-state index contributed by atoms with van der Waals surface area (Å²) in [5.41, 5.74) is 9.08. The highest BCUT2D eigenvalue weighted by atomic mass is 35.5. The van der Waals surface area contributed by atoms with E-state index in [1.165, 1.54) is 30.4 Å². The number of benzene rings is 1. The van der Waals surface area contributed by atoms with E-state index < -0.39 is 0 Å². The van der Waals surface area contributed by atoms with Crippen LogP contribution in [0.15, 0.2) is 24.3 Å². The molecule has 2 fully saturated rings. The van der Waals surface area contributed by atoms with Gasteiger partial charge in [0.05, 0.1) is 6.04 Å². The van der Waals surface area contributed by atoms with Crippen molar-refractivity contribution in [3.8, 4) is 0 Å². The summed E-state index contributed by atoms with van der Waals surface area (Å²) >= 11 is 0. The molecule has 1 amide bonds. The predicted molar refractivity (Wildman–Crippen MR) is 99.0 cm³/mol. The first-order valence-electron chi connectivity index (χ1n) is 9.27. The van der Waals surface area contributed by atoms with Crippen molar-refractivity contribution in [3.63, 3.8) is 0 Å². The van der Waals surface area contributed by atoms with E-state index in [9.17, 15) is 4.79 Å². The largest absolute Gasteiger partial charge is 0.349 e. The van der Waals surface area contributed by atoms with E-state index in [0.29, 0.717) is 23.8 Å². The minimum Gasteiger partial charge on any atom is -0.349 e. The van der Waals surface area contributed by atoms with Gasteiger partial charge in [-0.25, -0.2) is 0 Å². The Morgan fingerprint density at radius 3 is 2.54 bits per heavy atom. The van der Waals surface area contributed by atoms with Crippen LogP contribution < -0.4 is 11.1 Å².